The second-order valence-electron chi connectivity index (χ2n) is 5.10. The van der Waals surface area contributed by atoms with Crippen LogP contribution in [0, 0.1) is 11.8 Å². The minimum Gasteiger partial charge on any atom is -0.356 e. The molecule has 0 aromatic carbocycles. The molecule has 0 unspecified atom stereocenters. The number of alkyl halides is 3. The van der Waals surface area contributed by atoms with Gasteiger partial charge in [-0.3, -0.25) is 4.79 Å². The SMILES string of the molecule is NS(=O)(=O)CCCNC(=O)C1CCC(C(F)(F)F)CC1. The van der Waals surface area contributed by atoms with Crippen molar-refractivity contribution >= 4 is 15.9 Å². The average Bonchev–Trinajstić information content (AvgIpc) is 2.32. The van der Waals surface area contributed by atoms with E-state index in [1.165, 1.54) is 0 Å². The molecule has 118 valence electrons. The summed E-state index contributed by atoms with van der Waals surface area (Å²) in [6.07, 6.45) is -3.62. The fourth-order valence-electron chi connectivity index (χ4n) is 2.31. The molecule has 0 atom stereocenters. The Kier molecular flexibility index (Phi) is 5.81. The molecule has 0 bridgehead atoms. The van der Waals surface area contributed by atoms with E-state index >= 15 is 0 Å². The van der Waals surface area contributed by atoms with Gasteiger partial charge < -0.3 is 5.32 Å². The Morgan fingerprint density at radius 2 is 1.75 bits per heavy atom. The number of amides is 1. The molecule has 9 heteroatoms. The summed E-state index contributed by atoms with van der Waals surface area (Å²) in [6.45, 7) is 0.161. The number of halogens is 3. The van der Waals surface area contributed by atoms with E-state index in [1.807, 2.05) is 0 Å². The third-order valence-corrected chi connectivity index (χ3v) is 4.32. The fraction of sp³-hybridized carbons (Fsp3) is 0.909. The van der Waals surface area contributed by atoms with Crippen molar-refractivity contribution in [1.82, 2.24) is 5.32 Å². The number of primary sulfonamides is 1. The Morgan fingerprint density at radius 1 is 1.20 bits per heavy atom. The molecule has 0 aromatic rings. The summed E-state index contributed by atoms with van der Waals surface area (Å²) in [7, 11) is -3.55. The van der Waals surface area contributed by atoms with E-state index in [0.29, 0.717) is 0 Å². The van der Waals surface area contributed by atoms with Crippen molar-refractivity contribution < 1.29 is 26.4 Å². The summed E-state index contributed by atoms with van der Waals surface area (Å²) < 4.78 is 58.7. The van der Waals surface area contributed by atoms with Gasteiger partial charge in [0.2, 0.25) is 15.9 Å². The number of hydrogen-bond donors (Lipinski definition) is 2. The number of nitrogens with one attached hydrogen (secondary N) is 1. The first-order valence-corrected chi connectivity index (χ1v) is 8.16. The zero-order chi connectivity index (χ0) is 15.4. The van der Waals surface area contributed by atoms with Crippen molar-refractivity contribution in [2.75, 3.05) is 12.3 Å². The lowest BCUT2D eigenvalue weighted by molar-refractivity contribution is -0.184. The van der Waals surface area contributed by atoms with Gasteiger partial charge in [-0.2, -0.15) is 13.2 Å². The van der Waals surface area contributed by atoms with Gasteiger partial charge in [0.15, 0.2) is 0 Å². The van der Waals surface area contributed by atoms with Crippen LogP contribution < -0.4 is 10.5 Å². The highest BCUT2D eigenvalue weighted by Gasteiger charge is 2.42. The number of hydrogen-bond acceptors (Lipinski definition) is 3. The number of nitrogens with two attached hydrogens (primary N) is 1. The van der Waals surface area contributed by atoms with Gasteiger partial charge in [0.05, 0.1) is 11.7 Å². The van der Waals surface area contributed by atoms with Crippen molar-refractivity contribution in [3.05, 3.63) is 0 Å². The van der Waals surface area contributed by atoms with Gasteiger partial charge in [-0.25, -0.2) is 13.6 Å². The normalized spacial score (nSPS) is 24.4. The first kappa shape index (κ1) is 17.2. The number of sulfonamides is 1. The quantitative estimate of drug-likeness (QED) is 0.746. The van der Waals surface area contributed by atoms with Crippen LogP contribution >= 0.6 is 0 Å². The van der Waals surface area contributed by atoms with Gasteiger partial charge in [-0.1, -0.05) is 0 Å². The van der Waals surface area contributed by atoms with Crippen LogP contribution in [0.15, 0.2) is 0 Å². The van der Waals surface area contributed by atoms with Crippen molar-refractivity contribution in [3.63, 3.8) is 0 Å². The molecule has 0 aliphatic heterocycles. The molecule has 0 aromatic heterocycles. The first-order chi connectivity index (χ1) is 9.09. The summed E-state index contributed by atoms with van der Waals surface area (Å²) in [5.74, 6) is -2.26. The summed E-state index contributed by atoms with van der Waals surface area (Å²) in [5, 5.41) is 7.34. The third kappa shape index (κ3) is 6.08. The molecular weight excluding hydrogens is 297 g/mol. The van der Waals surface area contributed by atoms with E-state index < -0.39 is 28.0 Å². The van der Waals surface area contributed by atoms with Gasteiger partial charge in [0.1, 0.15) is 0 Å². The van der Waals surface area contributed by atoms with Gasteiger partial charge in [0.25, 0.3) is 0 Å². The summed E-state index contributed by atoms with van der Waals surface area (Å²) in [5.41, 5.74) is 0. The van der Waals surface area contributed by atoms with Crippen LogP contribution in [0.3, 0.4) is 0 Å². The largest absolute Gasteiger partial charge is 0.391 e. The van der Waals surface area contributed by atoms with Gasteiger partial charge in [-0.15, -0.1) is 0 Å². The summed E-state index contributed by atoms with van der Waals surface area (Å²) in [6, 6.07) is 0. The average molecular weight is 316 g/mol. The van der Waals surface area contributed by atoms with E-state index in [2.05, 4.69) is 5.32 Å². The van der Waals surface area contributed by atoms with Crippen LogP contribution in [-0.4, -0.2) is 32.8 Å². The van der Waals surface area contributed by atoms with E-state index in [0.717, 1.165) is 0 Å². The molecule has 20 heavy (non-hydrogen) atoms. The topological polar surface area (TPSA) is 89.3 Å². The molecular formula is C11H19F3N2O3S. The second-order valence-corrected chi connectivity index (χ2v) is 6.84. The molecule has 5 nitrogen and oxygen atoms in total. The predicted molar refractivity (Wildman–Crippen MR) is 67.1 cm³/mol. The Hall–Kier alpha value is -0.830. The van der Waals surface area contributed by atoms with Crippen molar-refractivity contribution in [3.8, 4) is 0 Å². The maximum Gasteiger partial charge on any atom is 0.391 e. The lowest BCUT2D eigenvalue weighted by Gasteiger charge is -2.29. The molecule has 0 spiro atoms. The number of carbonyl (C=O) groups is 1. The maximum absolute atomic E-state index is 12.5. The zero-order valence-electron chi connectivity index (χ0n) is 10.9. The maximum atomic E-state index is 12.5. The Bertz CT molecular complexity index is 429. The predicted octanol–water partition coefficient (Wildman–Crippen LogP) is 1.15. The van der Waals surface area contributed by atoms with Crippen LogP contribution in [-0.2, 0) is 14.8 Å². The molecule has 1 fully saturated rings. The smallest absolute Gasteiger partial charge is 0.356 e. The molecule has 0 radical (unpaired) electrons. The van der Waals surface area contributed by atoms with Crippen LogP contribution in [0.1, 0.15) is 32.1 Å². The lowest BCUT2D eigenvalue weighted by atomic mass is 9.81. The number of carbonyl (C=O) groups excluding carboxylic acids is 1. The Balaban J connectivity index is 2.26. The van der Waals surface area contributed by atoms with Crippen LogP contribution in [0.25, 0.3) is 0 Å². The second kappa shape index (κ2) is 6.75. The van der Waals surface area contributed by atoms with E-state index in [1.54, 1.807) is 0 Å². The molecule has 1 saturated carbocycles. The van der Waals surface area contributed by atoms with Crippen molar-refractivity contribution in [2.45, 2.75) is 38.3 Å². The zero-order valence-corrected chi connectivity index (χ0v) is 11.8. The Labute approximate surface area is 116 Å². The molecule has 0 saturated heterocycles. The minimum atomic E-state index is -4.18. The van der Waals surface area contributed by atoms with Gasteiger partial charge >= 0.3 is 6.18 Å². The standard InChI is InChI=1S/C11H19F3N2O3S/c12-11(13,14)9-4-2-8(3-5-9)10(17)16-6-1-7-20(15,18)19/h8-9H,1-7H2,(H,16,17)(H2,15,18,19). The monoisotopic (exact) mass is 316 g/mol. The fourth-order valence-corrected chi connectivity index (χ4v) is 2.86. The van der Waals surface area contributed by atoms with Gasteiger partial charge in [-0.05, 0) is 32.1 Å². The first-order valence-electron chi connectivity index (χ1n) is 6.44. The molecule has 1 amide bonds. The Morgan fingerprint density at radius 3 is 2.20 bits per heavy atom. The lowest BCUT2D eigenvalue weighted by Crippen LogP contribution is -2.36. The van der Waals surface area contributed by atoms with E-state index in [-0.39, 0.29) is 50.3 Å². The molecule has 3 N–H and O–H groups in total. The van der Waals surface area contributed by atoms with Crippen molar-refractivity contribution in [2.24, 2.45) is 17.0 Å². The minimum absolute atomic E-state index is 0.0290. The third-order valence-electron chi connectivity index (χ3n) is 3.47. The van der Waals surface area contributed by atoms with Crippen LogP contribution in [0.4, 0.5) is 13.2 Å². The number of rotatable bonds is 5. The van der Waals surface area contributed by atoms with Crippen molar-refractivity contribution in [1.29, 1.82) is 0 Å². The molecule has 1 aliphatic carbocycles. The molecule has 1 rings (SSSR count). The van der Waals surface area contributed by atoms with Gasteiger partial charge in [0, 0.05) is 12.5 Å². The van der Waals surface area contributed by atoms with Crippen LogP contribution in [0.5, 0.6) is 0 Å². The molecule has 0 heterocycles. The molecule has 1 aliphatic rings. The highest BCUT2D eigenvalue weighted by molar-refractivity contribution is 7.89. The summed E-state index contributed by atoms with van der Waals surface area (Å²) >= 11 is 0. The summed E-state index contributed by atoms with van der Waals surface area (Å²) in [4.78, 5) is 11.7. The van der Waals surface area contributed by atoms with E-state index in [4.69, 9.17) is 5.14 Å². The van der Waals surface area contributed by atoms with Crippen LogP contribution in [0.2, 0.25) is 0 Å². The highest BCUT2D eigenvalue weighted by atomic mass is 32.2. The van der Waals surface area contributed by atoms with E-state index in [9.17, 15) is 26.4 Å². The highest BCUT2D eigenvalue weighted by Crippen LogP contribution is 2.39.